The quantitative estimate of drug-likeness (QED) is 0.438. The summed E-state index contributed by atoms with van der Waals surface area (Å²) < 4.78 is 0. The lowest BCUT2D eigenvalue weighted by molar-refractivity contribution is 0.102. The van der Waals surface area contributed by atoms with Gasteiger partial charge in [-0.3, -0.25) is 4.79 Å². The molecule has 0 aliphatic heterocycles. The average molecular weight is 369 g/mol. The molecule has 1 amide bonds. The van der Waals surface area contributed by atoms with Gasteiger partial charge in [0.05, 0.1) is 6.67 Å². The minimum Gasteiger partial charge on any atom is -0.373 e. The Morgan fingerprint density at radius 1 is 0.679 bits per heavy atom. The molecule has 140 valence electrons. The van der Waals surface area contributed by atoms with Crippen LogP contribution < -0.4 is 16.4 Å². The molecule has 0 atom stereocenters. The van der Waals surface area contributed by atoms with E-state index < -0.39 is 0 Å². The van der Waals surface area contributed by atoms with Gasteiger partial charge in [-0.1, -0.05) is 72.8 Å². The highest BCUT2D eigenvalue weighted by Gasteiger charge is 2.09. The lowest BCUT2D eigenvalue weighted by Crippen LogP contribution is -2.12. The molecule has 4 aromatic rings. The minimum absolute atomic E-state index is 0.0806. The average Bonchev–Trinajstić information content (AvgIpc) is 2.75. The van der Waals surface area contributed by atoms with Crippen LogP contribution in [0.4, 0.5) is 11.4 Å². The summed E-state index contributed by atoms with van der Waals surface area (Å²) in [6, 6.07) is 33.0. The number of fused-ring (bicyclic) bond motifs is 1. The van der Waals surface area contributed by atoms with Gasteiger partial charge in [0.2, 0.25) is 0 Å². The lowest BCUT2D eigenvalue weighted by atomic mass is 10.0. The number of anilines is 2. The normalized spacial score (nSPS) is 9.89. The molecular weight excluding hydrogens is 346 g/mol. The van der Waals surface area contributed by atoms with Crippen molar-refractivity contribution in [2.45, 2.75) is 0 Å². The van der Waals surface area contributed by atoms with Crippen LogP contribution in [0.3, 0.4) is 0 Å². The van der Waals surface area contributed by atoms with E-state index in [0.717, 1.165) is 22.1 Å². The van der Waals surface area contributed by atoms with Crippen LogP contribution in [0.2, 0.25) is 0 Å². The second-order valence-electron chi connectivity index (χ2n) is 6.09. The van der Waals surface area contributed by atoms with Gasteiger partial charge in [-0.15, -0.1) is 0 Å². The zero-order valence-corrected chi connectivity index (χ0v) is 15.5. The molecule has 0 fully saturated rings. The Morgan fingerprint density at radius 2 is 1.25 bits per heavy atom. The predicted octanol–water partition coefficient (Wildman–Crippen LogP) is 5.11. The maximum Gasteiger partial charge on any atom is 0.256 e. The first-order valence-electron chi connectivity index (χ1n) is 9.11. The maximum absolute atomic E-state index is 12.3. The van der Waals surface area contributed by atoms with Gasteiger partial charge in [-0.2, -0.15) is 0 Å². The van der Waals surface area contributed by atoms with Crippen molar-refractivity contribution >= 4 is 28.1 Å². The minimum atomic E-state index is -0.0806. The van der Waals surface area contributed by atoms with Crippen LogP contribution in [0.1, 0.15) is 10.4 Å². The first-order valence-corrected chi connectivity index (χ1v) is 9.11. The van der Waals surface area contributed by atoms with E-state index in [1.807, 2.05) is 103 Å². The van der Waals surface area contributed by atoms with Crippen molar-refractivity contribution in [2.24, 2.45) is 5.73 Å². The van der Waals surface area contributed by atoms with Crippen molar-refractivity contribution in [2.75, 3.05) is 17.3 Å². The van der Waals surface area contributed by atoms with Crippen molar-refractivity contribution in [3.05, 3.63) is 109 Å². The molecule has 0 aliphatic rings. The van der Waals surface area contributed by atoms with Gasteiger partial charge < -0.3 is 16.4 Å². The topological polar surface area (TPSA) is 67.1 Å². The Labute approximate surface area is 165 Å². The summed E-state index contributed by atoms with van der Waals surface area (Å²) in [6.07, 6.45) is 0. The summed E-state index contributed by atoms with van der Waals surface area (Å²) in [7, 11) is 0. The Morgan fingerprint density at radius 3 is 1.93 bits per heavy atom. The van der Waals surface area contributed by atoms with Gasteiger partial charge in [0.25, 0.3) is 5.91 Å². The van der Waals surface area contributed by atoms with Crippen molar-refractivity contribution in [1.82, 2.24) is 0 Å². The molecule has 4 aromatic carbocycles. The van der Waals surface area contributed by atoms with E-state index in [1.54, 1.807) is 0 Å². The SMILES string of the molecule is NCNc1ccccc1.O=C(Nc1ccccc1)c1cccc2ccccc12. The fourth-order valence-corrected chi connectivity index (χ4v) is 2.82. The second-order valence-corrected chi connectivity index (χ2v) is 6.09. The van der Waals surface area contributed by atoms with E-state index in [4.69, 9.17) is 5.73 Å². The summed E-state index contributed by atoms with van der Waals surface area (Å²) in [5, 5.41) is 7.94. The van der Waals surface area contributed by atoms with E-state index in [0.29, 0.717) is 12.2 Å². The third kappa shape index (κ3) is 5.19. The van der Waals surface area contributed by atoms with Gasteiger partial charge in [0.15, 0.2) is 0 Å². The smallest absolute Gasteiger partial charge is 0.256 e. The Bertz CT molecular complexity index is 1010. The third-order valence-corrected chi connectivity index (χ3v) is 4.15. The van der Waals surface area contributed by atoms with Gasteiger partial charge in [-0.25, -0.2) is 0 Å². The van der Waals surface area contributed by atoms with Crippen molar-refractivity contribution < 1.29 is 4.79 Å². The van der Waals surface area contributed by atoms with E-state index >= 15 is 0 Å². The lowest BCUT2D eigenvalue weighted by Gasteiger charge is -2.07. The predicted molar refractivity (Wildman–Crippen MR) is 117 cm³/mol. The molecular formula is C24H23N3O. The number of amides is 1. The molecule has 0 bridgehead atoms. The number of carbonyl (C=O) groups excluding carboxylic acids is 1. The second kappa shape index (κ2) is 9.90. The van der Waals surface area contributed by atoms with E-state index in [-0.39, 0.29) is 5.91 Å². The standard InChI is InChI=1S/C17H13NO.C7H10N2/c19-17(18-14-9-2-1-3-10-14)16-12-6-8-13-7-4-5-11-15(13)16;8-6-9-7-4-2-1-3-5-7/h1-12H,(H,18,19);1-5,9H,6,8H2. The van der Waals surface area contributed by atoms with Crippen LogP contribution >= 0.6 is 0 Å². The molecule has 4 heteroatoms. The molecule has 0 aliphatic carbocycles. The van der Waals surface area contributed by atoms with Gasteiger partial charge in [0.1, 0.15) is 0 Å². The highest BCUT2D eigenvalue weighted by Crippen LogP contribution is 2.19. The number of benzene rings is 4. The zero-order valence-electron chi connectivity index (χ0n) is 15.5. The first kappa shape index (κ1) is 19.1. The van der Waals surface area contributed by atoms with Crippen LogP contribution in [-0.4, -0.2) is 12.6 Å². The van der Waals surface area contributed by atoms with Crippen molar-refractivity contribution in [1.29, 1.82) is 0 Å². The maximum atomic E-state index is 12.3. The highest BCUT2D eigenvalue weighted by atomic mass is 16.1. The molecule has 0 unspecified atom stereocenters. The number of carbonyl (C=O) groups is 1. The third-order valence-electron chi connectivity index (χ3n) is 4.15. The van der Waals surface area contributed by atoms with Gasteiger partial charge in [0, 0.05) is 16.9 Å². The van der Waals surface area contributed by atoms with Crippen molar-refractivity contribution in [3.63, 3.8) is 0 Å². The number of nitrogens with two attached hydrogens (primary N) is 1. The summed E-state index contributed by atoms with van der Waals surface area (Å²) in [5.74, 6) is -0.0806. The van der Waals surface area contributed by atoms with E-state index in [9.17, 15) is 4.79 Å². The van der Waals surface area contributed by atoms with Crippen molar-refractivity contribution in [3.8, 4) is 0 Å². The molecule has 4 rings (SSSR count). The fourth-order valence-electron chi connectivity index (χ4n) is 2.82. The summed E-state index contributed by atoms with van der Waals surface area (Å²) in [5.41, 5.74) is 7.82. The molecule has 28 heavy (non-hydrogen) atoms. The van der Waals surface area contributed by atoms with Crippen LogP contribution in [0.5, 0.6) is 0 Å². The van der Waals surface area contributed by atoms with Gasteiger partial charge >= 0.3 is 0 Å². The Balaban J connectivity index is 0.000000211. The molecule has 0 aromatic heterocycles. The largest absolute Gasteiger partial charge is 0.373 e. The molecule has 4 nitrogen and oxygen atoms in total. The van der Waals surface area contributed by atoms with E-state index in [1.165, 1.54) is 0 Å². The number of para-hydroxylation sites is 2. The molecule has 0 heterocycles. The number of hydrogen-bond acceptors (Lipinski definition) is 3. The highest BCUT2D eigenvalue weighted by molar-refractivity contribution is 6.12. The van der Waals surface area contributed by atoms with Crippen LogP contribution in [0.15, 0.2) is 103 Å². The summed E-state index contributed by atoms with van der Waals surface area (Å²) in [4.78, 5) is 12.3. The number of nitrogens with one attached hydrogen (secondary N) is 2. The van der Waals surface area contributed by atoms with Crippen LogP contribution in [0, 0.1) is 0 Å². The molecule has 4 N–H and O–H groups in total. The molecule has 0 spiro atoms. The zero-order chi connectivity index (χ0) is 19.6. The molecule has 0 radical (unpaired) electrons. The number of hydrogen-bond donors (Lipinski definition) is 3. The molecule has 0 saturated carbocycles. The Kier molecular flexibility index (Phi) is 6.77. The van der Waals surface area contributed by atoms with Crippen LogP contribution in [-0.2, 0) is 0 Å². The number of rotatable bonds is 4. The fraction of sp³-hybridized carbons (Fsp3) is 0.0417. The summed E-state index contributed by atoms with van der Waals surface area (Å²) in [6.45, 7) is 0.490. The first-order chi connectivity index (χ1) is 13.8. The van der Waals surface area contributed by atoms with Gasteiger partial charge in [-0.05, 0) is 41.1 Å². The molecule has 0 saturated heterocycles. The Hall–Kier alpha value is -3.63. The monoisotopic (exact) mass is 369 g/mol. The van der Waals surface area contributed by atoms with E-state index in [2.05, 4.69) is 10.6 Å². The van der Waals surface area contributed by atoms with Crippen LogP contribution in [0.25, 0.3) is 10.8 Å². The summed E-state index contributed by atoms with van der Waals surface area (Å²) >= 11 is 0.